The summed E-state index contributed by atoms with van der Waals surface area (Å²) >= 11 is 6.08. The van der Waals surface area contributed by atoms with Gasteiger partial charge in [-0.2, -0.15) is 0 Å². The molecule has 0 saturated heterocycles. The molecule has 0 radical (unpaired) electrons. The number of carbonyl (C=O) groups excluding carboxylic acids is 2. The van der Waals surface area contributed by atoms with Gasteiger partial charge >= 0.3 is 0 Å². The fourth-order valence-corrected chi connectivity index (χ4v) is 2.95. The van der Waals surface area contributed by atoms with E-state index in [1.54, 1.807) is 30.3 Å². The van der Waals surface area contributed by atoms with Crippen molar-refractivity contribution in [2.75, 3.05) is 27.2 Å². The number of carbonyl (C=O) groups is 2. The van der Waals surface area contributed by atoms with Crippen LogP contribution in [0.3, 0.4) is 0 Å². The number of aliphatic imine (C=N–C) groups is 1. The van der Waals surface area contributed by atoms with E-state index in [9.17, 15) is 9.59 Å². The molecular weight excluding hydrogens is 378 g/mol. The summed E-state index contributed by atoms with van der Waals surface area (Å²) < 4.78 is 5.93. The van der Waals surface area contributed by atoms with Crippen LogP contribution in [0.4, 0.5) is 5.69 Å². The summed E-state index contributed by atoms with van der Waals surface area (Å²) in [6.07, 6.45) is 0.174. The molecule has 146 valence electrons. The molecule has 2 aromatic carbocycles. The molecule has 0 aromatic heterocycles. The molecule has 0 saturated carbocycles. The summed E-state index contributed by atoms with van der Waals surface area (Å²) in [5.74, 6) is 0.705. The van der Waals surface area contributed by atoms with Crippen molar-refractivity contribution in [3.8, 4) is 11.5 Å². The Morgan fingerprint density at radius 1 is 1.11 bits per heavy atom. The second-order valence-electron chi connectivity index (χ2n) is 6.75. The summed E-state index contributed by atoms with van der Waals surface area (Å²) in [5.41, 5.74) is 1.37. The lowest BCUT2D eigenvalue weighted by Crippen LogP contribution is -2.31. The number of hydrogen-bond acceptors (Lipinski definition) is 5. The van der Waals surface area contributed by atoms with Crippen molar-refractivity contribution < 1.29 is 14.3 Å². The number of likely N-dealkylation sites (N-methyl/N-ethyl adjacent to an activating group) is 1. The van der Waals surface area contributed by atoms with Crippen LogP contribution in [0.15, 0.2) is 47.5 Å². The molecule has 1 aliphatic heterocycles. The first-order valence-corrected chi connectivity index (χ1v) is 9.42. The summed E-state index contributed by atoms with van der Waals surface area (Å²) in [4.78, 5) is 31.4. The highest BCUT2D eigenvalue weighted by Gasteiger charge is 2.23. The molecule has 0 spiro atoms. The molecule has 3 rings (SSSR count). The Bertz CT molecular complexity index is 925. The Morgan fingerprint density at radius 3 is 2.68 bits per heavy atom. The second kappa shape index (κ2) is 8.99. The highest BCUT2D eigenvalue weighted by atomic mass is 35.5. The Balaban J connectivity index is 1.78. The molecule has 1 N–H and O–H groups in total. The topological polar surface area (TPSA) is 71.0 Å². The number of halogens is 1. The Labute approximate surface area is 169 Å². The van der Waals surface area contributed by atoms with Crippen molar-refractivity contribution in [3.05, 3.63) is 53.1 Å². The van der Waals surface area contributed by atoms with E-state index < -0.39 is 0 Å². The third kappa shape index (κ3) is 4.97. The predicted molar refractivity (Wildman–Crippen MR) is 110 cm³/mol. The number of hydrogen-bond donors (Lipinski definition) is 1. The van der Waals surface area contributed by atoms with E-state index in [4.69, 9.17) is 16.3 Å². The number of ketones is 1. The second-order valence-corrected chi connectivity index (χ2v) is 7.18. The molecule has 2 aromatic rings. The normalized spacial score (nSPS) is 12.4. The summed E-state index contributed by atoms with van der Waals surface area (Å²) in [6, 6.07) is 12.3. The summed E-state index contributed by atoms with van der Waals surface area (Å²) in [5, 5.41) is 3.32. The number of nitrogens with zero attached hydrogens (tertiary/aromatic N) is 2. The van der Waals surface area contributed by atoms with Crippen LogP contribution in [0, 0.1) is 0 Å². The standard InChI is InChI=1S/C21H22ClN3O3/c1-25(2)12-11-23-20(27)10-8-17(26)21-15-5-3-4-6-18(15)28-19-9-7-14(22)13-16(19)24-21/h3-7,9,13H,8,10-12H2,1-2H3,(H,23,27). The van der Waals surface area contributed by atoms with Crippen LogP contribution < -0.4 is 10.1 Å². The zero-order valence-corrected chi connectivity index (χ0v) is 16.6. The number of benzene rings is 2. The molecule has 28 heavy (non-hydrogen) atoms. The zero-order chi connectivity index (χ0) is 20.1. The fraction of sp³-hybridized carbons (Fsp3) is 0.286. The average molecular weight is 400 g/mol. The summed E-state index contributed by atoms with van der Waals surface area (Å²) in [7, 11) is 3.87. The monoisotopic (exact) mass is 399 g/mol. The van der Waals surface area contributed by atoms with Crippen molar-refractivity contribution in [3.63, 3.8) is 0 Å². The maximum absolute atomic E-state index is 12.9. The molecule has 7 heteroatoms. The number of para-hydroxylation sites is 1. The lowest BCUT2D eigenvalue weighted by atomic mass is 10.0. The van der Waals surface area contributed by atoms with E-state index in [2.05, 4.69) is 10.3 Å². The highest BCUT2D eigenvalue weighted by Crippen LogP contribution is 2.39. The quantitative estimate of drug-likeness (QED) is 0.772. The van der Waals surface area contributed by atoms with Crippen LogP contribution in [-0.2, 0) is 9.59 Å². The van der Waals surface area contributed by atoms with Crippen LogP contribution in [0.5, 0.6) is 11.5 Å². The van der Waals surface area contributed by atoms with Gasteiger partial charge in [0.25, 0.3) is 0 Å². The molecule has 1 aliphatic rings. The predicted octanol–water partition coefficient (Wildman–Crippen LogP) is 3.59. The SMILES string of the molecule is CN(C)CCNC(=O)CCC(=O)C1=Nc2cc(Cl)ccc2Oc2ccccc21. The minimum atomic E-state index is -0.216. The Morgan fingerprint density at radius 2 is 1.89 bits per heavy atom. The van der Waals surface area contributed by atoms with Gasteiger partial charge in [-0.3, -0.25) is 9.59 Å². The van der Waals surface area contributed by atoms with E-state index >= 15 is 0 Å². The Hall–Kier alpha value is -2.70. The number of ether oxygens (including phenoxy) is 1. The first-order valence-electron chi connectivity index (χ1n) is 9.04. The lowest BCUT2D eigenvalue weighted by molar-refractivity contribution is -0.123. The van der Waals surface area contributed by atoms with E-state index in [1.807, 2.05) is 31.1 Å². The maximum atomic E-state index is 12.9. The van der Waals surface area contributed by atoms with Crippen molar-refractivity contribution in [2.45, 2.75) is 12.8 Å². The third-order valence-electron chi connectivity index (χ3n) is 4.24. The van der Waals surface area contributed by atoms with Crippen molar-refractivity contribution in [2.24, 2.45) is 4.99 Å². The van der Waals surface area contributed by atoms with Crippen molar-refractivity contribution >= 4 is 34.7 Å². The molecule has 0 bridgehead atoms. The van der Waals surface area contributed by atoms with E-state index in [0.29, 0.717) is 34.3 Å². The van der Waals surface area contributed by atoms with Gasteiger partial charge in [-0.15, -0.1) is 0 Å². The minimum absolute atomic E-state index is 0.0663. The van der Waals surface area contributed by atoms with E-state index in [1.165, 1.54) is 0 Å². The molecule has 6 nitrogen and oxygen atoms in total. The highest BCUT2D eigenvalue weighted by molar-refractivity contribution is 6.47. The molecule has 1 heterocycles. The zero-order valence-electron chi connectivity index (χ0n) is 15.9. The average Bonchev–Trinajstić information content (AvgIpc) is 2.82. The Kier molecular flexibility index (Phi) is 6.44. The minimum Gasteiger partial charge on any atom is -0.454 e. The first-order chi connectivity index (χ1) is 13.4. The van der Waals surface area contributed by atoms with E-state index in [-0.39, 0.29) is 30.2 Å². The number of amides is 1. The molecule has 1 amide bonds. The number of Topliss-reactive ketones (excluding diaryl/α,β-unsaturated/α-hetero) is 1. The van der Waals surface area contributed by atoms with Gasteiger partial charge in [0.05, 0.1) is 0 Å². The van der Waals surface area contributed by atoms with Gasteiger partial charge in [0.1, 0.15) is 17.1 Å². The van der Waals surface area contributed by atoms with Crippen LogP contribution >= 0.6 is 11.6 Å². The van der Waals surface area contributed by atoms with Crippen LogP contribution in [0.2, 0.25) is 5.02 Å². The largest absolute Gasteiger partial charge is 0.454 e. The molecule has 0 atom stereocenters. The summed E-state index contributed by atoms with van der Waals surface area (Å²) in [6.45, 7) is 1.29. The van der Waals surface area contributed by atoms with Gasteiger partial charge in [0, 0.05) is 36.5 Å². The van der Waals surface area contributed by atoms with E-state index in [0.717, 1.165) is 6.54 Å². The van der Waals surface area contributed by atoms with Crippen LogP contribution in [0.1, 0.15) is 18.4 Å². The van der Waals surface area contributed by atoms with Crippen molar-refractivity contribution in [1.82, 2.24) is 10.2 Å². The van der Waals surface area contributed by atoms with Crippen LogP contribution in [-0.4, -0.2) is 49.5 Å². The van der Waals surface area contributed by atoms with Crippen LogP contribution in [0.25, 0.3) is 0 Å². The van der Waals surface area contributed by atoms with Gasteiger partial charge < -0.3 is 15.0 Å². The molecule has 0 aliphatic carbocycles. The maximum Gasteiger partial charge on any atom is 0.220 e. The smallest absolute Gasteiger partial charge is 0.220 e. The third-order valence-corrected chi connectivity index (χ3v) is 4.47. The number of nitrogens with one attached hydrogen (secondary N) is 1. The molecule has 0 unspecified atom stereocenters. The first kappa shape index (κ1) is 20.0. The van der Waals surface area contributed by atoms with Gasteiger partial charge in [-0.1, -0.05) is 23.7 Å². The van der Waals surface area contributed by atoms with Gasteiger partial charge in [-0.25, -0.2) is 4.99 Å². The molecule has 0 fully saturated rings. The number of rotatable bonds is 7. The fourth-order valence-electron chi connectivity index (χ4n) is 2.78. The molecular formula is C21H22ClN3O3. The lowest BCUT2D eigenvalue weighted by Gasteiger charge is -2.11. The van der Waals surface area contributed by atoms with Gasteiger partial charge in [0.15, 0.2) is 11.5 Å². The van der Waals surface area contributed by atoms with Gasteiger partial charge in [-0.05, 0) is 44.4 Å². The van der Waals surface area contributed by atoms with Crippen molar-refractivity contribution in [1.29, 1.82) is 0 Å². The number of fused-ring (bicyclic) bond motifs is 2. The van der Waals surface area contributed by atoms with Gasteiger partial charge in [0.2, 0.25) is 5.91 Å².